The number of amides is 1. The van der Waals surface area contributed by atoms with Crippen LogP contribution < -0.4 is 10.6 Å². The Morgan fingerprint density at radius 1 is 1.04 bits per heavy atom. The zero-order valence-electron chi connectivity index (χ0n) is 16.1. The molecule has 0 saturated heterocycles. The highest BCUT2D eigenvalue weighted by molar-refractivity contribution is 6.30. The maximum atomic E-state index is 12.6. The van der Waals surface area contributed by atoms with E-state index < -0.39 is 5.41 Å². The average Bonchev–Trinajstić information content (AvgIpc) is 2.67. The Morgan fingerprint density at radius 3 is 2.19 bits per heavy atom. The third-order valence-corrected chi connectivity index (χ3v) is 5.31. The molecule has 2 N–H and O–H groups in total. The molecular weight excluding hydrogens is 344 g/mol. The molecule has 1 aliphatic heterocycles. The molecule has 2 aromatic rings. The first-order valence-corrected chi connectivity index (χ1v) is 9.72. The predicted molar refractivity (Wildman–Crippen MR) is 110 cm³/mol. The SMILES string of the molecule is CCC1(C)C(=O)NC(c2ccc(Cl)cc2)c2ccccc21.CCNCC. The summed E-state index contributed by atoms with van der Waals surface area (Å²) >= 11 is 5.96. The fraction of sp³-hybridized carbons (Fsp3) is 0.409. The maximum Gasteiger partial charge on any atom is 0.231 e. The van der Waals surface area contributed by atoms with Gasteiger partial charge in [-0.1, -0.05) is 68.8 Å². The van der Waals surface area contributed by atoms with Gasteiger partial charge >= 0.3 is 0 Å². The van der Waals surface area contributed by atoms with Gasteiger partial charge in [-0.2, -0.15) is 0 Å². The van der Waals surface area contributed by atoms with Crippen LogP contribution in [0.4, 0.5) is 0 Å². The molecule has 0 aromatic heterocycles. The second kappa shape index (κ2) is 9.20. The van der Waals surface area contributed by atoms with Gasteiger partial charge in [-0.25, -0.2) is 0 Å². The van der Waals surface area contributed by atoms with Gasteiger partial charge in [-0.15, -0.1) is 0 Å². The van der Waals surface area contributed by atoms with Gasteiger partial charge in [0.25, 0.3) is 0 Å². The molecule has 1 aliphatic rings. The highest BCUT2D eigenvalue weighted by atomic mass is 35.5. The number of nitrogens with one attached hydrogen (secondary N) is 2. The molecule has 0 fully saturated rings. The number of hydrogen-bond acceptors (Lipinski definition) is 2. The first-order chi connectivity index (χ1) is 12.5. The van der Waals surface area contributed by atoms with Crippen LogP contribution in [0.5, 0.6) is 0 Å². The van der Waals surface area contributed by atoms with E-state index >= 15 is 0 Å². The summed E-state index contributed by atoms with van der Waals surface area (Å²) in [5, 5.41) is 6.98. The van der Waals surface area contributed by atoms with E-state index in [1.165, 1.54) is 5.56 Å². The molecule has 140 valence electrons. The summed E-state index contributed by atoms with van der Waals surface area (Å²) in [6, 6.07) is 15.8. The molecule has 2 atom stereocenters. The number of hydrogen-bond donors (Lipinski definition) is 2. The number of carbonyl (C=O) groups excluding carboxylic acids is 1. The number of halogens is 1. The van der Waals surface area contributed by atoms with Crippen molar-refractivity contribution in [2.45, 2.75) is 45.6 Å². The van der Waals surface area contributed by atoms with Crippen LogP contribution in [0.1, 0.15) is 56.8 Å². The Kier molecular flexibility index (Phi) is 7.24. The second-order valence-electron chi connectivity index (χ2n) is 6.69. The Bertz CT molecular complexity index is 727. The number of rotatable bonds is 4. The number of carbonyl (C=O) groups is 1. The summed E-state index contributed by atoms with van der Waals surface area (Å²) in [5.41, 5.74) is 2.89. The summed E-state index contributed by atoms with van der Waals surface area (Å²) in [5.74, 6) is 0.0867. The van der Waals surface area contributed by atoms with Crippen LogP contribution in [-0.2, 0) is 10.2 Å². The minimum absolute atomic E-state index is 0.0867. The lowest BCUT2D eigenvalue weighted by atomic mass is 9.72. The molecule has 4 heteroatoms. The van der Waals surface area contributed by atoms with Crippen molar-refractivity contribution in [2.75, 3.05) is 13.1 Å². The van der Waals surface area contributed by atoms with Crippen molar-refractivity contribution in [3.05, 3.63) is 70.2 Å². The standard InChI is InChI=1S/C18H18ClNO.C4H11N/c1-3-18(2)15-7-5-4-6-14(15)16(20-17(18)21)12-8-10-13(19)11-9-12;1-3-5-4-2/h4-11,16H,3H2,1-2H3,(H,20,21);5H,3-4H2,1-2H3. The molecule has 1 amide bonds. The maximum absolute atomic E-state index is 12.6. The van der Waals surface area contributed by atoms with Crippen LogP contribution in [0.3, 0.4) is 0 Å². The molecule has 2 aromatic carbocycles. The molecule has 2 unspecified atom stereocenters. The van der Waals surface area contributed by atoms with Crippen LogP contribution >= 0.6 is 11.6 Å². The molecule has 0 bridgehead atoms. The largest absolute Gasteiger partial charge is 0.344 e. The first kappa shape index (κ1) is 20.5. The van der Waals surface area contributed by atoms with Crippen molar-refractivity contribution in [2.24, 2.45) is 0 Å². The van der Waals surface area contributed by atoms with Crippen molar-refractivity contribution >= 4 is 17.5 Å². The van der Waals surface area contributed by atoms with Crippen LogP contribution in [0.2, 0.25) is 5.02 Å². The summed E-state index contributed by atoms with van der Waals surface area (Å²) < 4.78 is 0. The van der Waals surface area contributed by atoms with E-state index in [9.17, 15) is 4.79 Å². The van der Waals surface area contributed by atoms with Crippen molar-refractivity contribution in [1.82, 2.24) is 10.6 Å². The first-order valence-electron chi connectivity index (χ1n) is 9.34. The lowest BCUT2D eigenvalue weighted by Crippen LogP contribution is -2.49. The van der Waals surface area contributed by atoms with Crippen molar-refractivity contribution < 1.29 is 4.79 Å². The van der Waals surface area contributed by atoms with Crippen molar-refractivity contribution in [3.63, 3.8) is 0 Å². The van der Waals surface area contributed by atoms with Gasteiger partial charge in [-0.05, 0) is 55.3 Å². The highest BCUT2D eigenvalue weighted by Crippen LogP contribution is 2.40. The fourth-order valence-electron chi connectivity index (χ4n) is 3.26. The fourth-order valence-corrected chi connectivity index (χ4v) is 3.39. The monoisotopic (exact) mass is 372 g/mol. The molecule has 3 rings (SSSR count). The van der Waals surface area contributed by atoms with Gasteiger partial charge in [0.1, 0.15) is 0 Å². The lowest BCUT2D eigenvalue weighted by molar-refractivity contribution is -0.127. The molecule has 3 nitrogen and oxygen atoms in total. The lowest BCUT2D eigenvalue weighted by Gasteiger charge is -2.38. The van der Waals surface area contributed by atoms with E-state index in [0.29, 0.717) is 5.02 Å². The number of benzene rings is 2. The normalized spacial score (nSPS) is 21.3. The second-order valence-corrected chi connectivity index (χ2v) is 7.12. The van der Waals surface area contributed by atoms with Gasteiger partial charge < -0.3 is 10.6 Å². The van der Waals surface area contributed by atoms with Crippen LogP contribution in [0.25, 0.3) is 0 Å². The van der Waals surface area contributed by atoms with Gasteiger partial charge in [0.2, 0.25) is 5.91 Å². The van der Waals surface area contributed by atoms with Crippen LogP contribution in [0.15, 0.2) is 48.5 Å². The van der Waals surface area contributed by atoms with E-state index in [-0.39, 0.29) is 11.9 Å². The summed E-state index contributed by atoms with van der Waals surface area (Å²) in [7, 11) is 0. The van der Waals surface area contributed by atoms with Gasteiger partial charge in [0, 0.05) is 5.02 Å². The Hall–Kier alpha value is -1.84. The van der Waals surface area contributed by atoms with Crippen LogP contribution in [-0.4, -0.2) is 19.0 Å². The van der Waals surface area contributed by atoms with Gasteiger partial charge in [0.15, 0.2) is 0 Å². The van der Waals surface area contributed by atoms with E-state index in [4.69, 9.17) is 11.6 Å². The minimum Gasteiger partial charge on any atom is -0.344 e. The predicted octanol–water partition coefficient (Wildman–Crippen LogP) is 4.84. The molecular formula is C22H29ClN2O. The van der Waals surface area contributed by atoms with E-state index in [1.54, 1.807) is 0 Å². The third-order valence-electron chi connectivity index (χ3n) is 5.05. The molecule has 26 heavy (non-hydrogen) atoms. The van der Waals surface area contributed by atoms with Gasteiger partial charge in [-0.3, -0.25) is 4.79 Å². The molecule has 1 heterocycles. The quantitative estimate of drug-likeness (QED) is 0.806. The van der Waals surface area contributed by atoms with Gasteiger partial charge in [0.05, 0.1) is 11.5 Å². The molecule has 0 radical (unpaired) electrons. The van der Waals surface area contributed by atoms with E-state index in [2.05, 4.69) is 43.5 Å². The Balaban J connectivity index is 0.000000431. The molecule has 0 saturated carbocycles. The average molecular weight is 373 g/mol. The van der Waals surface area contributed by atoms with Crippen LogP contribution in [0, 0.1) is 0 Å². The minimum atomic E-state index is -0.459. The van der Waals surface area contributed by atoms with Crippen molar-refractivity contribution in [3.8, 4) is 0 Å². The Labute approximate surface area is 162 Å². The molecule has 0 aliphatic carbocycles. The third kappa shape index (κ3) is 4.28. The summed E-state index contributed by atoms with van der Waals surface area (Å²) in [4.78, 5) is 12.6. The topological polar surface area (TPSA) is 41.1 Å². The summed E-state index contributed by atoms with van der Waals surface area (Å²) in [6.45, 7) is 10.5. The zero-order chi connectivity index (χ0) is 19.2. The van der Waals surface area contributed by atoms with Crippen molar-refractivity contribution in [1.29, 1.82) is 0 Å². The smallest absolute Gasteiger partial charge is 0.231 e. The van der Waals surface area contributed by atoms with E-state index in [0.717, 1.165) is 30.6 Å². The Morgan fingerprint density at radius 2 is 1.65 bits per heavy atom. The number of fused-ring (bicyclic) bond motifs is 1. The van der Waals surface area contributed by atoms with E-state index in [1.807, 2.05) is 43.3 Å². The highest BCUT2D eigenvalue weighted by Gasteiger charge is 2.41. The zero-order valence-corrected chi connectivity index (χ0v) is 16.9. The molecule has 0 spiro atoms. The summed E-state index contributed by atoms with van der Waals surface area (Å²) in [6.07, 6.45) is 0.781.